The molecule has 0 amide bonds. The molecule has 0 bridgehead atoms. The summed E-state index contributed by atoms with van der Waals surface area (Å²) >= 11 is 0. The van der Waals surface area contributed by atoms with E-state index in [-0.39, 0.29) is 0 Å². The Labute approximate surface area is 137 Å². The quantitative estimate of drug-likeness (QED) is 0.418. The molecule has 21 rings (SSSR count). The van der Waals surface area contributed by atoms with E-state index in [1.807, 2.05) is 0 Å². The molecule has 27 heavy (non-hydrogen) atoms. The Bertz CT molecular complexity index is 1830. The standard InChI is InChI=1S/C14H14O.2C5H5.2Fe/c1-2-7-12(6-1)14(10-5-11-15-14)13-8-3-4-9-13;2*1-2-4-5-3-1;;/h1-4,6-9H,5,10-11H2;2*1-5H;;. The van der Waals surface area contributed by atoms with Gasteiger partial charge in [0.05, 0.1) is 0 Å². The third-order valence-electron chi connectivity index (χ3n) is 31.6. The van der Waals surface area contributed by atoms with Crippen LogP contribution in [-0.2, 0) is 17.8 Å². The van der Waals surface area contributed by atoms with Crippen molar-refractivity contribution in [2.45, 2.75) is 114 Å². The van der Waals surface area contributed by atoms with E-state index in [4.69, 9.17) is 4.74 Å². The van der Waals surface area contributed by atoms with Crippen LogP contribution in [0, 0.1) is 0 Å². The molecule has 21 fully saturated rings. The monoisotopic (exact) mass is 440 g/mol. The number of hydrogen-bond donors (Lipinski definition) is 0. The molecule has 0 radical (unpaired) electrons. The number of hydrogen-bond acceptors (Lipinski definition) is 1. The second-order valence-electron chi connectivity index (χ2n) is 21.1. The van der Waals surface area contributed by atoms with Crippen LogP contribution in [0.1, 0.15) is 12.8 Å². The Morgan fingerprint density at radius 3 is 1.07 bits per heavy atom. The molecule has 3 heteroatoms. The van der Waals surface area contributed by atoms with Crippen molar-refractivity contribution in [2.75, 3.05) is 6.61 Å². The van der Waals surface area contributed by atoms with Crippen molar-refractivity contribution in [3.05, 3.63) is 0 Å². The molecule has 0 aromatic heterocycles. The molecule has 0 aromatic rings. The zero-order valence-corrected chi connectivity index (χ0v) is 17.3. The van der Waals surface area contributed by atoms with E-state index in [1.54, 1.807) is 6.42 Å². The van der Waals surface area contributed by atoms with Gasteiger partial charge in [-0.25, -0.2) is 0 Å². The normalized spacial score (nSPS) is 156. The van der Waals surface area contributed by atoms with Gasteiger partial charge in [0, 0.05) is 0 Å². The summed E-state index contributed by atoms with van der Waals surface area (Å²) in [6, 6.07) is 0. The summed E-state index contributed by atoms with van der Waals surface area (Å²) in [5.41, 5.74) is 0.671. The second-order valence-corrected chi connectivity index (χ2v) is 68.3. The summed E-state index contributed by atoms with van der Waals surface area (Å²) in [6.45, 7) is -4.92. The zero-order chi connectivity index (χ0) is 15.4. The van der Waals surface area contributed by atoms with E-state index < -0.39 is 13.0 Å². The van der Waals surface area contributed by atoms with Crippen LogP contribution < -0.4 is 0 Å². The first kappa shape index (κ1) is 8.86. The fourth-order valence-corrected chi connectivity index (χ4v) is 187. The molecule has 142 valence electrons. The van der Waals surface area contributed by atoms with E-state index in [1.165, 1.54) is 99.7 Å². The Kier molecular flexibility index (Phi) is 0.215. The Balaban J connectivity index is 1.17. The molecular formula is C24H24Fe2O. The minimum absolute atomic E-state index is 0.671. The molecule has 21 saturated heterocycles. The average molecular weight is 440 g/mol. The molecule has 0 aliphatic carbocycles. The van der Waals surface area contributed by atoms with Gasteiger partial charge in [-0.1, -0.05) is 0 Å². The maximum atomic E-state index is 7.66. The van der Waals surface area contributed by atoms with Crippen molar-refractivity contribution >= 4 is 0 Å². The second kappa shape index (κ2) is 0.654. The molecule has 8 unspecified atom stereocenters. The average Bonchev–Trinajstić information content (AvgIpc) is 3.63. The molecule has 2 spiro atoms. The van der Waals surface area contributed by atoms with Gasteiger partial charge in [-0.3, -0.25) is 0 Å². The van der Waals surface area contributed by atoms with Crippen LogP contribution in [0.4, 0.5) is 0 Å². The van der Waals surface area contributed by atoms with Crippen molar-refractivity contribution in [1.29, 1.82) is 0 Å². The summed E-state index contributed by atoms with van der Waals surface area (Å²) in [4.78, 5) is 27.5. The van der Waals surface area contributed by atoms with Crippen LogP contribution in [0.25, 0.3) is 0 Å². The van der Waals surface area contributed by atoms with Gasteiger partial charge in [0.2, 0.25) is 0 Å². The summed E-state index contributed by atoms with van der Waals surface area (Å²) in [6.07, 6.45) is 3.21. The van der Waals surface area contributed by atoms with Gasteiger partial charge in [0.25, 0.3) is 0 Å². The van der Waals surface area contributed by atoms with Crippen molar-refractivity contribution < 1.29 is 17.8 Å². The van der Waals surface area contributed by atoms with Gasteiger partial charge in [-0.15, -0.1) is 0 Å². The third kappa shape index (κ3) is 0.0819. The van der Waals surface area contributed by atoms with Gasteiger partial charge in [-0.2, -0.15) is 0 Å². The van der Waals surface area contributed by atoms with Crippen LogP contribution in [0.5, 0.6) is 0 Å². The van der Waals surface area contributed by atoms with Crippen LogP contribution in [0.3, 0.4) is 0 Å². The third-order valence-corrected chi connectivity index (χ3v) is 117. The molecule has 0 N–H and O–H groups in total. The first-order valence-corrected chi connectivity index (χ1v) is 25.4. The fourth-order valence-electron chi connectivity index (χ4n) is 36.2. The predicted octanol–water partition coefficient (Wildman–Crippen LogP) is 7.05. The summed E-state index contributed by atoms with van der Waals surface area (Å²) in [5, 5.41) is 0. The maximum absolute atomic E-state index is 7.66. The topological polar surface area (TPSA) is 9.23 Å². The van der Waals surface area contributed by atoms with Crippen molar-refractivity contribution in [2.24, 2.45) is 0 Å². The van der Waals surface area contributed by atoms with E-state index in [2.05, 4.69) is 0 Å². The Morgan fingerprint density at radius 1 is 0.519 bits per heavy atom. The molecule has 21 aliphatic heterocycles. The van der Waals surface area contributed by atoms with Gasteiger partial charge in [-0.05, 0) is 0 Å². The number of ether oxygens (including phenoxy) is 1. The molecule has 21 heterocycles. The molecule has 0 aromatic carbocycles. The first-order chi connectivity index (χ1) is 12.8. The molecule has 8 atom stereocenters. The van der Waals surface area contributed by atoms with Crippen molar-refractivity contribution in [3.8, 4) is 0 Å². The Hall–Kier alpha value is 0.999. The first-order valence-electron chi connectivity index (χ1n) is 12.9. The van der Waals surface area contributed by atoms with Gasteiger partial charge in [0.15, 0.2) is 0 Å². The van der Waals surface area contributed by atoms with E-state index in [0.29, 0.717) is 5.60 Å². The number of fused-ring (bicyclic) bond motifs is 20. The summed E-state index contributed by atoms with van der Waals surface area (Å²) in [5.74, 6) is 0. The van der Waals surface area contributed by atoms with Crippen molar-refractivity contribution in [3.63, 3.8) is 0 Å². The summed E-state index contributed by atoms with van der Waals surface area (Å²) in [7, 11) is 0. The SMILES string of the molecule is C1COC([C]23[CH]4[CH]5[CH]6[CH]2[Fe]56432789[CH]3[CH]2[CH]7[CH]8[CH]39)([C]23[CH]4[CH]5[CH]6[CH]2[Fe]56432789[CH]3[CH]2[CH]7[CH]8[CH]39)C1. The van der Waals surface area contributed by atoms with Gasteiger partial charge < -0.3 is 0 Å². The van der Waals surface area contributed by atoms with Crippen LogP contribution in [0.15, 0.2) is 0 Å². The van der Waals surface area contributed by atoms with Crippen LogP contribution in [-0.4, -0.2) is 12.2 Å². The summed E-state index contributed by atoms with van der Waals surface area (Å²) < 4.78 is 9.86. The van der Waals surface area contributed by atoms with Gasteiger partial charge in [0.1, 0.15) is 0 Å². The molecule has 1 nitrogen and oxygen atoms in total. The molecule has 0 saturated carbocycles. The molecular weight excluding hydrogens is 416 g/mol. The van der Waals surface area contributed by atoms with E-state index in [0.717, 1.165) is 8.63 Å². The fraction of sp³-hybridized carbons (Fsp3) is 1.00. The van der Waals surface area contributed by atoms with Crippen molar-refractivity contribution in [1.82, 2.24) is 0 Å². The zero-order valence-electron chi connectivity index (χ0n) is 15.1. The van der Waals surface area contributed by atoms with Crippen LogP contribution >= 0.6 is 0 Å². The van der Waals surface area contributed by atoms with E-state index >= 15 is 0 Å². The van der Waals surface area contributed by atoms with Gasteiger partial charge >= 0.3 is 138 Å². The number of rotatable bonds is 2. The molecule has 21 aliphatic rings. The minimum atomic E-state index is -3.08. The van der Waals surface area contributed by atoms with Crippen LogP contribution in [0.2, 0.25) is 95.3 Å². The van der Waals surface area contributed by atoms with E-state index in [9.17, 15) is 0 Å². The Morgan fingerprint density at radius 2 is 0.889 bits per heavy atom. The predicted molar refractivity (Wildman–Crippen MR) is 90.8 cm³/mol.